The summed E-state index contributed by atoms with van der Waals surface area (Å²) in [4.78, 5) is 81.3. The highest BCUT2D eigenvalue weighted by atomic mass is 16.5. The second kappa shape index (κ2) is 17.6. The largest absolute Gasteiger partial charge is 0.488 e. The number of nitrogens with zero attached hydrogens (tertiary/aromatic N) is 3. The van der Waals surface area contributed by atoms with Crippen molar-refractivity contribution in [1.82, 2.24) is 30.8 Å². The summed E-state index contributed by atoms with van der Waals surface area (Å²) in [5, 5.41) is 20.6. The first kappa shape index (κ1) is 43.0. The molecule has 0 radical (unpaired) electrons. The number of fused-ring (bicyclic) bond motifs is 2. The Morgan fingerprint density at radius 3 is 2.27 bits per heavy atom. The molecule has 1 unspecified atom stereocenters. The first-order valence-electron chi connectivity index (χ1n) is 21.8. The standard InChI is InChI=1S/C50H54N6O7/c1-5-33-28-50(33,48(61)62)55-45(58)40-26-34(63-41-27-39(30-16-8-6-9-17-30)52-37-23-15-13-21-35(37)41)29-56(40)47(60)43(49(2,3)4)54-46(59)42(32-19-10-7-11-20-32)53-44(57)38-25-24-31-18-12-14-22-36(31)51-38/h5-6,8-9,12-18,21-25,27,32-34,40,42-43H,1,7,10-11,19-20,26,28-29H2,2-4H3,(H,53,57)(H,54,59)(H,55,58)(H,61,62)/t33?,34-,40+,42+,43-,50-/m1/s1. The molecular weight excluding hydrogens is 797 g/mol. The van der Waals surface area contributed by atoms with Crippen molar-refractivity contribution in [3.8, 4) is 17.0 Å². The molecule has 13 heteroatoms. The second-order valence-electron chi connectivity index (χ2n) is 18.2. The molecule has 3 aliphatic rings. The van der Waals surface area contributed by atoms with E-state index in [4.69, 9.17) is 9.72 Å². The van der Waals surface area contributed by atoms with Crippen molar-refractivity contribution in [2.75, 3.05) is 6.54 Å². The van der Waals surface area contributed by atoms with Crippen LogP contribution >= 0.6 is 0 Å². The topological polar surface area (TPSA) is 180 Å². The molecule has 4 N–H and O–H groups in total. The Bertz CT molecular complexity index is 2570. The number of pyridine rings is 2. The summed E-state index contributed by atoms with van der Waals surface area (Å²) in [6, 6.07) is 26.8. The lowest BCUT2D eigenvalue weighted by molar-refractivity contribution is -0.147. The Morgan fingerprint density at radius 2 is 1.57 bits per heavy atom. The zero-order valence-electron chi connectivity index (χ0n) is 35.9. The van der Waals surface area contributed by atoms with E-state index in [0.717, 1.165) is 48.4 Å². The number of rotatable bonds is 13. The third-order valence-electron chi connectivity index (χ3n) is 12.8. The van der Waals surface area contributed by atoms with Gasteiger partial charge in [0.2, 0.25) is 17.7 Å². The smallest absolute Gasteiger partial charge is 0.330 e. The van der Waals surface area contributed by atoms with Crippen molar-refractivity contribution in [3.05, 3.63) is 115 Å². The number of hydrogen-bond donors (Lipinski definition) is 4. The molecule has 2 aromatic heterocycles. The highest BCUT2D eigenvalue weighted by molar-refractivity contribution is 6.00. The van der Waals surface area contributed by atoms with Gasteiger partial charge in [-0.3, -0.25) is 19.2 Å². The van der Waals surface area contributed by atoms with Crippen molar-refractivity contribution in [2.24, 2.45) is 17.3 Å². The van der Waals surface area contributed by atoms with Gasteiger partial charge in [-0.1, -0.05) is 113 Å². The number of aliphatic carboxylic acids is 1. The highest BCUT2D eigenvalue weighted by Crippen LogP contribution is 2.45. The molecule has 0 spiro atoms. The zero-order valence-corrected chi connectivity index (χ0v) is 35.9. The van der Waals surface area contributed by atoms with Gasteiger partial charge in [0, 0.05) is 34.7 Å². The number of carbonyl (C=O) groups excluding carboxylic acids is 4. The second-order valence-corrected chi connectivity index (χ2v) is 18.2. The Balaban J connectivity index is 1.09. The summed E-state index contributed by atoms with van der Waals surface area (Å²) in [5.74, 6) is -3.50. The number of hydrogen-bond acceptors (Lipinski definition) is 8. The van der Waals surface area contributed by atoms with Crippen LogP contribution in [0.1, 0.15) is 76.2 Å². The van der Waals surface area contributed by atoms with E-state index in [2.05, 4.69) is 27.5 Å². The molecule has 5 aromatic rings. The zero-order chi connectivity index (χ0) is 44.5. The Hall–Kier alpha value is -6.63. The van der Waals surface area contributed by atoms with Gasteiger partial charge in [-0.05, 0) is 54.9 Å². The van der Waals surface area contributed by atoms with Crippen molar-refractivity contribution in [1.29, 1.82) is 0 Å². The molecule has 3 fully saturated rings. The first-order chi connectivity index (χ1) is 30.3. The molecule has 0 bridgehead atoms. The fourth-order valence-corrected chi connectivity index (χ4v) is 9.19. The van der Waals surface area contributed by atoms with Gasteiger partial charge >= 0.3 is 5.97 Å². The Kier molecular flexibility index (Phi) is 12.0. The van der Waals surface area contributed by atoms with Gasteiger partial charge in [-0.15, -0.1) is 6.58 Å². The number of nitrogens with one attached hydrogen (secondary N) is 3. The van der Waals surface area contributed by atoms with Crippen molar-refractivity contribution < 1.29 is 33.8 Å². The molecule has 1 saturated heterocycles. The van der Waals surface area contributed by atoms with E-state index in [1.165, 1.54) is 11.0 Å². The number of likely N-dealkylation sites (tertiary alicyclic amines) is 1. The van der Waals surface area contributed by atoms with E-state index in [1.807, 2.05) is 112 Å². The minimum absolute atomic E-state index is 0.0297. The predicted octanol–water partition coefficient (Wildman–Crippen LogP) is 6.85. The molecule has 1 aliphatic heterocycles. The first-order valence-corrected chi connectivity index (χ1v) is 21.8. The minimum Gasteiger partial charge on any atom is -0.488 e. The summed E-state index contributed by atoms with van der Waals surface area (Å²) in [7, 11) is 0. The monoisotopic (exact) mass is 850 g/mol. The summed E-state index contributed by atoms with van der Waals surface area (Å²) < 4.78 is 6.74. The van der Waals surface area contributed by atoms with E-state index in [9.17, 15) is 24.3 Å². The fourth-order valence-electron chi connectivity index (χ4n) is 9.19. The number of carboxylic acids is 1. The van der Waals surface area contributed by atoms with E-state index in [1.54, 1.807) is 6.07 Å². The van der Waals surface area contributed by atoms with Gasteiger partial charge in [-0.25, -0.2) is 14.8 Å². The summed E-state index contributed by atoms with van der Waals surface area (Å²) in [6.07, 6.45) is 5.30. The number of amides is 4. The summed E-state index contributed by atoms with van der Waals surface area (Å²) in [5.41, 5.74) is 0.686. The molecular formula is C50H54N6O7. The molecule has 2 saturated carbocycles. The molecule has 13 nitrogen and oxygen atoms in total. The van der Waals surface area contributed by atoms with Crippen LogP contribution in [0.2, 0.25) is 0 Å². The maximum Gasteiger partial charge on any atom is 0.330 e. The molecule has 2 aliphatic carbocycles. The number of para-hydroxylation sites is 2. The predicted molar refractivity (Wildman–Crippen MR) is 239 cm³/mol. The maximum atomic E-state index is 15.1. The summed E-state index contributed by atoms with van der Waals surface area (Å²) >= 11 is 0. The number of carboxylic acid groups (broad SMARTS) is 1. The lowest BCUT2D eigenvalue weighted by Gasteiger charge is -2.37. The van der Waals surface area contributed by atoms with Crippen molar-refractivity contribution in [2.45, 2.75) is 95.5 Å². The molecule has 3 aromatic carbocycles. The lowest BCUT2D eigenvalue weighted by Crippen LogP contribution is -2.62. The molecule has 8 rings (SSSR count). The molecule has 4 amide bonds. The summed E-state index contributed by atoms with van der Waals surface area (Å²) in [6.45, 7) is 9.21. The van der Waals surface area contributed by atoms with Crippen LogP contribution in [0.3, 0.4) is 0 Å². The average molecular weight is 851 g/mol. The van der Waals surface area contributed by atoms with Crippen molar-refractivity contribution in [3.63, 3.8) is 0 Å². The van der Waals surface area contributed by atoms with Crippen LogP contribution in [0.15, 0.2) is 110 Å². The third kappa shape index (κ3) is 9.00. The number of ether oxygens (including phenoxy) is 1. The quantitative estimate of drug-likeness (QED) is 0.0922. The Labute approximate surface area is 366 Å². The van der Waals surface area contributed by atoms with Gasteiger partial charge in [-0.2, -0.15) is 0 Å². The van der Waals surface area contributed by atoms with Crippen LogP contribution in [0, 0.1) is 17.3 Å². The van der Waals surface area contributed by atoms with Gasteiger partial charge in [0.1, 0.15) is 41.2 Å². The van der Waals surface area contributed by atoms with Gasteiger partial charge < -0.3 is 30.7 Å². The van der Waals surface area contributed by atoms with E-state index in [-0.39, 0.29) is 31.0 Å². The van der Waals surface area contributed by atoms with Crippen LogP contribution in [0.5, 0.6) is 5.75 Å². The number of carbonyl (C=O) groups is 5. The average Bonchev–Trinajstić information content (AvgIpc) is 3.85. The molecule has 326 valence electrons. The van der Waals surface area contributed by atoms with Crippen LogP contribution in [-0.4, -0.2) is 85.9 Å². The highest BCUT2D eigenvalue weighted by Gasteiger charge is 2.61. The van der Waals surface area contributed by atoms with Crippen LogP contribution in [0.4, 0.5) is 0 Å². The minimum atomic E-state index is -1.54. The van der Waals surface area contributed by atoms with E-state index >= 15 is 4.79 Å². The SMILES string of the molecule is C=CC1C[C@]1(NC(=O)[C@@H]1C[C@@H](Oc2cc(-c3ccccc3)nc3ccccc23)CN1C(=O)[C@@H](NC(=O)[C@@H](NC(=O)c1ccc2ccccc2n1)C1CCCCC1)C(C)(C)C)C(=O)O. The molecule has 6 atom stereocenters. The van der Waals surface area contributed by atoms with Gasteiger partial charge in [0.05, 0.1) is 23.3 Å². The van der Waals surface area contributed by atoms with Crippen LogP contribution in [-0.2, 0) is 19.2 Å². The third-order valence-corrected chi connectivity index (χ3v) is 12.8. The van der Waals surface area contributed by atoms with E-state index < -0.39 is 70.7 Å². The molecule has 63 heavy (non-hydrogen) atoms. The number of aromatic nitrogens is 2. The van der Waals surface area contributed by atoms with Gasteiger partial charge in [0.25, 0.3) is 5.91 Å². The fraction of sp³-hybridized carbons (Fsp3) is 0.380. The van der Waals surface area contributed by atoms with Crippen LogP contribution in [0.25, 0.3) is 33.1 Å². The van der Waals surface area contributed by atoms with Crippen molar-refractivity contribution >= 4 is 51.4 Å². The number of benzene rings is 3. The Morgan fingerprint density at radius 1 is 0.873 bits per heavy atom. The lowest BCUT2D eigenvalue weighted by atomic mass is 9.82. The molecule has 3 heterocycles. The van der Waals surface area contributed by atoms with Crippen LogP contribution < -0.4 is 20.7 Å². The van der Waals surface area contributed by atoms with E-state index in [0.29, 0.717) is 22.5 Å². The van der Waals surface area contributed by atoms with Gasteiger partial charge in [0.15, 0.2) is 0 Å². The maximum absolute atomic E-state index is 15.1. The normalized spacial score (nSPS) is 22.1.